The number of fused-ring (bicyclic) bond motifs is 1. The van der Waals surface area contributed by atoms with E-state index < -0.39 is 0 Å². The molecule has 1 aliphatic heterocycles. The van der Waals surface area contributed by atoms with E-state index in [2.05, 4.69) is 49.2 Å². The summed E-state index contributed by atoms with van der Waals surface area (Å²) in [7, 11) is 0. The molecule has 17 heavy (non-hydrogen) atoms. The first-order chi connectivity index (χ1) is 8.20. The Morgan fingerprint density at radius 1 is 1.24 bits per heavy atom. The Bertz CT molecular complexity index is 371. The monoisotopic (exact) mass is 232 g/mol. The first-order valence-corrected chi connectivity index (χ1v) is 6.76. The third-order valence-corrected chi connectivity index (χ3v) is 3.53. The van der Waals surface area contributed by atoms with Crippen LogP contribution in [0.3, 0.4) is 0 Å². The van der Waals surface area contributed by atoms with Crippen LogP contribution in [0.1, 0.15) is 43.9 Å². The SMILES string of the molecule is CCCN(Cc1ccc2c(c1)CNC2)C(C)C. The number of nitrogens with one attached hydrogen (secondary N) is 1. The van der Waals surface area contributed by atoms with E-state index >= 15 is 0 Å². The van der Waals surface area contributed by atoms with Gasteiger partial charge in [0.1, 0.15) is 0 Å². The van der Waals surface area contributed by atoms with Gasteiger partial charge < -0.3 is 5.32 Å². The van der Waals surface area contributed by atoms with Crippen LogP contribution in [0, 0.1) is 0 Å². The largest absolute Gasteiger partial charge is 0.309 e. The highest BCUT2D eigenvalue weighted by Crippen LogP contribution is 2.18. The standard InChI is InChI=1S/C15H24N2/c1-4-7-17(12(2)3)11-13-5-6-14-9-16-10-15(14)8-13/h5-6,8,12,16H,4,7,9-11H2,1-3H3. The van der Waals surface area contributed by atoms with Crippen LogP contribution in [0.2, 0.25) is 0 Å². The zero-order valence-corrected chi connectivity index (χ0v) is 11.3. The molecule has 0 radical (unpaired) electrons. The lowest BCUT2D eigenvalue weighted by Gasteiger charge is -2.26. The predicted molar refractivity (Wildman–Crippen MR) is 72.8 cm³/mol. The first-order valence-electron chi connectivity index (χ1n) is 6.76. The molecular formula is C15H24N2. The van der Waals surface area contributed by atoms with Crippen molar-refractivity contribution in [3.05, 3.63) is 34.9 Å². The van der Waals surface area contributed by atoms with Crippen molar-refractivity contribution in [3.63, 3.8) is 0 Å². The molecule has 0 aromatic heterocycles. The Morgan fingerprint density at radius 2 is 2.00 bits per heavy atom. The molecule has 2 rings (SSSR count). The number of hydrogen-bond donors (Lipinski definition) is 1. The summed E-state index contributed by atoms with van der Waals surface area (Å²) in [6, 6.07) is 7.58. The summed E-state index contributed by atoms with van der Waals surface area (Å²) in [6.45, 7) is 11.2. The summed E-state index contributed by atoms with van der Waals surface area (Å²) < 4.78 is 0. The molecule has 0 amide bonds. The summed E-state index contributed by atoms with van der Waals surface area (Å²) in [5, 5.41) is 3.40. The quantitative estimate of drug-likeness (QED) is 0.839. The summed E-state index contributed by atoms with van der Waals surface area (Å²) in [4.78, 5) is 2.55. The van der Waals surface area contributed by atoms with Crippen molar-refractivity contribution in [2.75, 3.05) is 6.54 Å². The van der Waals surface area contributed by atoms with Crippen LogP contribution < -0.4 is 5.32 Å². The van der Waals surface area contributed by atoms with Gasteiger partial charge in [-0.1, -0.05) is 25.1 Å². The topological polar surface area (TPSA) is 15.3 Å². The van der Waals surface area contributed by atoms with Crippen molar-refractivity contribution in [1.29, 1.82) is 0 Å². The second-order valence-electron chi connectivity index (χ2n) is 5.27. The van der Waals surface area contributed by atoms with Gasteiger partial charge in [-0.2, -0.15) is 0 Å². The molecule has 94 valence electrons. The van der Waals surface area contributed by atoms with Crippen molar-refractivity contribution < 1.29 is 0 Å². The summed E-state index contributed by atoms with van der Waals surface area (Å²) in [6.07, 6.45) is 1.23. The Hall–Kier alpha value is -0.860. The van der Waals surface area contributed by atoms with Crippen LogP contribution >= 0.6 is 0 Å². The third kappa shape index (κ3) is 3.08. The average molecular weight is 232 g/mol. The smallest absolute Gasteiger partial charge is 0.0236 e. The fourth-order valence-electron chi connectivity index (χ4n) is 2.49. The molecular weight excluding hydrogens is 208 g/mol. The Morgan fingerprint density at radius 3 is 2.71 bits per heavy atom. The molecule has 0 aliphatic carbocycles. The van der Waals surface area contributed by atoms with Gasteiger partial charge in [0, 0.05) is 25.7 Å². The molecule has 0 saturated carbocycles. The van der Waals surface area contributed by atoms with Crippen molar-refractivity contribution in [3.8, 4) is 0 Å². The van der Waals surface area contributed by atoms with Gasteiger partial charge in [-0.25, -0.2) is 0 Å². The molecule has 0 saturated heterocycles. The minimum absolute atomic E-state index is 0.626. The van der Waals surface area contributed by atoms with Crippen molar-refractivity contribution >= 4 is 0 Å². The fourth-order valence-corrected chi connectivity index (χ4v) is 2.49. The lowest BCUT2D eigenvalue weighted by atomic mass is 10.1. The minimum atomic E-state index is 0.626. The van der Waals surface area contributed by atoms with Gasteiger partial charge in [0.2, 0.25) is 0 Å². The van der Waals surface area contributed by atoms with Crippen molar-refractivity contribution in [2.24, 2.45) is 0 Å². The van der Waals surface area contributed by atoms with Crippen LogP contribution in [0.5, 0.6) is 0 Å². The second kappa shape index (κ2) is 5.65. The van der Waals surface area contributed by atoms with Crippen molar-refractivity contribution in [2.45, 2.75) is 52.9 Å². The van der Waals surface area contributed by atoms with Gasteiger partial charge in [-0.05, 0) is 43.5 Å². The molecule has 0 atom stereocenters. The first kappa shape index (κ1) is 12.6. The molecule has 2 nitrogen and oxygen atoms in total. The van der Waals surface area contributed by atoms with Crippen LogP contribution in [0.15, 0.2) is 18.2 Å². The molecule has 1 heterocycles. The van der Waals surface area contributed by atoms with Crippen LogP contribution in [0.4, 0.5) is 0 Å². The Labute approximate surface area is 105 Å². The average Bonchev–Trinajstić information content (AvgIpc) is 2.75. The van der Waals surface area contributed by atoms with E-state index in [-0.39, 0.29) is 0 Å². The number of rotatable bonds is 5. The maximum absolute atomic E-state index is 3.40. The second-order valence-corrected chi connectivity index (χ2v) is 5.27. The predicted octanol–water partition coefficient (Wildman–Crippen LogP) is 2.91. The lowest BCUT2D eigenvalue weighted by molar-refractivity contribution is 0.213. The van der Waals surface area contributed by atoms with Gasteiger partial charge in [0.05, 0.1) is 0 Å². The van der Waals surface area contributed by atoms with Gasteiger partial charge >= 0.3 is 0 Å². The molecule has 0 fully saturated rings. The Balaban J connectivity index is 2.07. The van der Waals surface area contributed by atoms with Crippen LogP contribution in [-0.2, 0) is 19.6 Å². The van der Waals surface area contributed by atoms with Gasteiger partial charge in [-0.15, -0.1) is 0 Å². The highest BCUT2D eigenvalue weighted by atomic mass is 15.1. The number of nitrogens with zero attached hydrogens (tertiary/aromatic N) is 1. The van der Waals surface area contributed by atoms with E-state index in [1.807, 2.05) is 0 Å². The summed E-state index contributed by atoms with van der Waals surface area (Å²) in [5.74, 6) is 0. The van der Waals surface area contributed by atoms with Gasteiger partial charge in [0.25, 0.3) is 0 Å². The molecule has 1 aromatic rings. The summed E-state index contributed by atoms with van der Waals surface area (Å²) >= 11 is 0. The normalized spacial score (nSPS) is 14.6. The fraction of sp³-hybridized carbons (Fsp3) is 0.600. The molecule has 1 aromatic carbocycles. The number of hydrogen-bond acceptors (Lipinski definition) is 2. The van der Waals surface area contributed by atoms with E-state index in [1.54, 1.807) is 0 Å². The van der Waals surface area contributed by atoms with Crippen molar-refractivity contribution in [1.82, 2.24) is 10.2 Å². The van der Waals surface area contributed by atoms with E-state index in [0.717, 1.165) is 19.6 Å². The number of benzene rings is 1. The third-order valence-electron chi connectivity index (χ3n) is 3.53. The Kier molecular flexibility index (Phi) is 4.19. The molecule has 1 aliphatic rings. The maximum Gasteiger partial charge on any atom is 0.0236 e. The zero-order valence-electron chi connectivity index (χ0n) is 11.3. The highest BCUT2D eigenvalue weighted by molar-refractivity contribution is 5.34. The molecule has 0 bridgehead atoms. The summed E-state index contributed by atoms with van der Waals surface area (Å²) in [5.41, 5.74) is 4.41. The zero-order chi connectivity index (χ0) is 12.3. The molecule has 0 spiro atoms. The van der Waals surface area contributed by atoms with Gasteiger partial charge in [-0.3, -0.25) is 4.90 Å². The van der Waals surface area contributed by atoms with Crippen LogP contribution in [0.25, 0.3) is 0 Å². The van der Waals surface area contributed by atoms with Gasteiger partial charge in [0.15, 0.2) is 0 Å². The van der Waals surface area contributed by atoms with Crippen LogP contribution in [-0.4, -0.2) is 17.5 Å². The molecule has 1 N–H and O–H groups in total. The lowest BCUT2D eigenvalue weighted by Crippen LogP contribution is -2.31. The van der Waals surface area contributed by atoms with E-state index in [4.69, 9.17) is 0 Å². The minimum Gasteiger partial charge on any atom is -0.309 e. The molecule has 2 heteroatoms. The van der Waals surface area contributed by atoms with E-state index in [1.165, 1.54) is 29.7 Å². The van der Waals surface area contributed by atoms with E-state index in [0.29, 0.717) is 6.04 Å². The maximum atomic E-state index is 3.40. The highest BCUT2D eigenvalue weighted by Gasteiger charge is 2.13. The molecule has 0 unspecified atom stereocenters. The van der Waals surface area contributed by atoms with E-state index in [9.17, 15) is 0 Å².